The Morgan fingerprint density at radius 3 is 2.22 bits per heavy atom. The average Bonchev–Trinajstić information content (AvgIpc) is 1.90. The van der Waals surface area contributed by atoms with Crippen LogP contribution in [0.4, 0.5) is 0 Å². The molecular formula is C6H4ClOS+. The van der Waals surface area contributed by atoms with Crippen LogP contribution in [0.15, 0.2) is 29.2 Å². The molecule has 0 aliphatic carbocycles. The van der Waals surface area contributed by atoms with Gasteiger partial charge >= 0.3 is 11.7 Å². The summed E-state index contributed by atoms with van der Waals surface area (Å²) in [6, 6.07) is 6.78. The van der Waals surface area contributed by atoms with Crippen molar-refractivity contribution in [1.29, 1.82) is 0 Å². The van der Waals surface area contributed by atoms with Gasteiger partial charge in [0.25, 0.3) is 4.90 Å². The summed E-state index contributed by atoms with van der Waals surface area (Å²) < 4.78 is 10.1. The Morgan fingerprint density at radius 2 is 1.78 bits per heavy atom. The van der Waals surface area contributed by atoms with Crippen LogP contribution in [-0.2, 0) is 15.9 Å². The number of rotatable bonds is 1. The molecule has 9 heavy (non-hydrogen) atoms. The summed E-state index contributed by atoms with van der Waals surface area (Å²) >= 11 is 6.03. The molecule has 0 amide bonds. The lowest BCUT2D eigenvalue weighted by Crippen LogP contribution is -1.69. The lowest BCUT2D eigenvalue weighted by molar-refractivity contribution is 0.605. The van der Waals surface area contributed by atoms with Gasteiger partial charge in [0.1, 0.15) is 0 Å². The minimum Gasteiger partial charge on any atom is -0.0843 e. The lowest BCUT2D eigenvalue weighted by atomic mass is 10.4. The molecule has 0 unspecified atom stereocenters. The molecule has 1 rings (SSSR count). The molecule has 46 valence electrons. The van der Waals surface area contributed by atoms with Crippen molar-refractivity contribution >= 4 is 23.3 Å². The minimum absolute atomic E-state index is 0.469. The van der Waals surface area contributed by atoms with Gasteiger partial charge in [0.15, 0.2) is 0 Å². The Hall–Kier alpha value is -0.470. The SMILES string of the molecule is O=[S+]c1ccc(Cl)cc1. The van der Waals surface area contributed by atoms with E-state index in [4.69, 9.17) is 11.6 Å². The predicted octanol–water partition coefficient (Wildman–Crippen LogP) is 2.13. The van der Waals surface area contributed by atoms with E-state index in [1.807, 2.05) is 0 Å². The Balaban J connectivity index is 3.01. The van der Waals surface area contributed by atoms with Gasteiger partial charge in [-0.2, -0.15) is 0 Å². The lowest BCUT2D eigenvalue weighted by Gasteiger charge is -1.79. The van der Waals surface area contributed by atoms with Gasteiger partial charge in [-0.05, 0) is 12.1 Å². The number of hydrogen-bond donors (Lipinski definition) is 0. The fourth-order valence-electron chi connectivity index (χ4n) is 0.490. The molecule has 0 radical (unpaired) electrons. The third kappa shape index (κ3) is 1.73. The summed E-state index contributed by atoms with van der Waals surface area (Å²) in [5.41, 5.74) is 0. The standard InChI is InChI=1S/C6H4ClOS/c7-5-1-3-6(9-8)4-2-5/h1-4H/q+1. The van der Waals surface area contributed by atoms with Crippen LogP contribution in [-0.4, -0.2) is 0 Å². The fourth-order valence-corrected chi connectivity index (χ4v) is 0.863. The van der Waals surface area contributed by atoms with Crippen LogP contribution < -0.4 is 0 Å². The molecule has 0 heterocycles. The Morgan fingerprint density at radius 1 is 1.22 bits per heavy atom. The van der Waals surface area contributed by atoms with E-state index in [0.717, 1.165) is 0 Å². The van der Waals surface area contributed by atoms with Crippen LogP contribution in [0, 0.1) is 0 Å². The van der Waals surface area contributed by atoms with Gasteiger partial charge in [-0.1, -0.05) is 11.6 Å². The van der Waals surface area contributed by atoms with Crippen LogP contribution in [0.3, 0.4) is 0 Å². The Bertz CT molecular complexity index is 207. The maximum Gasteiger partial charge on any atom is 0.505 e. The molecule has 3 heteroatoms. The van der Waals surface area contributed by atoms with Gasteiger partial charge in [0.2, 0.25) is 0 Å². The van der Waals surface area contributed by atoms with Crippen molar-refractivity contribution < 1.29 is 4.21 Å². The normalized spacial score (nSPS) is 9.00. The van der Waals surface area contributed by atoms with Gasteiger partial charge in [-0.15, -0.1) is 0 Å². The smallest absolute Gasteiger partial charge is 0.0843 e. The molecule has 1 aromatic rings. The average molecular weight is 160 g/mol. The summed E-state index contributed by atoms with van der Waals surface area (Å²) in [5.74, 6) is 0. The second-order valence-electron chi connectivity index (χ2n) is 1.54. The second-order valence-corrected chi connectivity index (χ2v) is 2.61. The molecule has 0 N–H and O–H groups in total. The summed E-state index contributed by atoms with van der Waals surface area (Å²) in [6.07, 6.45) is 0. The van der Waals surface area contributed by atoms with Crippen molar-refractivity contribution in [2.75, 3.05) is 0 Å². The minimum atomic E-state index is 0.469. The number of benzene rings is 1. The largest absolute Gasteiger partial charge is 0.505 e. The van der Waals surface area contributed by atoms with Crippen molar-refractivity contribution in [1.82, 2.24) is 0 Å². The zero-order valence-corrected chi connectivity index (χ0v) is 6.08. The first-order valence-electron chi connectivity index (χ1n) is 2.38. The first-order valence-corrected chi connectivity index (χ1v) is 3.50. The molecule has 1 aromatic carbocycles. The molecule has 0 aromatic heterocycles. The molecule has 0 spiro atoms. The molecule has 0 fully saturated rings. The van der Waals surface area contributed by atoms with Crippen molar-refractivity contribution in [3.8, 4) is 0 Å². The Kier molecular flexibility index (Phi) is 2.14. The van der Waals surface area contributed by atoms with Crippen molar-refractivity contribution in [2.24, 2.45) is 0 Å². The Labute approximate surface area is 62.1 Å². The van der Waals surface area contributed by atoms with Crippen LogP contribution in [0.1, 0.15) is 0 Å². The molecule has 0 aliphatic heterocycles. The van der Waals surface area contributed by atoms with Crippen LogP contribution in [0.25, 0.3) is 0 Å². The highest BCUT2D eigenvalue weighted by Gasteiger charge is 2.02. The van der Waals surface area contributed by atoms with Crippen LogP contribution in [0.5, 0.6) is 0 Å². The second kappa shape index (κ2) is 2.90. The molecule has 0 saturated heterocycles. The van der Waals surface area contributed by atoms with E-state index in [1.54, 1.807) is 24.3 Å². The highest BCUT2D eigenvalue weighted by Crippen LogP contribution is 2.08. The topological polar surface area (TPSA) is 17.1 Å². The molecule has 0 bridgehead atoms. The molecular weight excluding hydrogens is 156 g/mol. The third-order valence-electron chi connectivity index (χ3n) is 0.910. The van der Waals surface area contributed by atoms with Crippen molar-refractivity contribution in [3.63, 3.8) is 0 Å². The van der Waals surface area contributed by atoms with Gasteiger partial charge in [0, 0.05) is 21.4 Å². The third-order valence-corrected chi connectivity index (χ3v) is 1.63. The maximum atomic E-state index is 10.1. The van der Waals surface area contributed by atoms with E-state index in [0.29, 0.717) is 21.6 Å². The van der Waals surface area contributed by atoms with E-state index in [1.165, 1.54) is 0 Å². The van der Waals surface area contributed by atoms with Crippen LogP contribution in [0.2, 0.25) is 5.02 Å². The number of halogens is 1. The molecule has 0 saturated carbocycles. The van der Waals surface area contributed by atoms with Gasteiger partial charge in [-0.25, -0.2) is 0 Å². The first-order chi connectivity index (χ1) is 4.33. The molecule has 0 aliphatic rings. The summed E-state index contributed by atoms with van der Waals surface area (Å²) in [6.45, 7) is 0. The molecule has 1 nitrogen and oxygen atoms in total. The van der Waals surface area contributed by atoms with E-state index >= 15 is 0 Å². The van der Waals surface area contributed by atoms with E-state index < -0.39 is 0 Å². The van der Waals surface area contributed by atoms with Crippen molar-refractivity contribution in [2.45, 2.75) is 4.90 Å². The van der Waals surface area contributed by atoms with Gasteiger partial charge in [-0.3, -0.25) is 0 Å². The summed E-state index contributed by atoms with van der Waals surface area (Å²) in [4.78, 5) is 0.694. The molecule has 0 atom stereocenters. The van der Waals surface area contributed by atoms with Gasteiger partial charge < -0.3 is 0 Å². The van der Waals surface area contributed by atoms with Crippen molar-refractivity contribution in [3.05, 3.63) is 29.3 Å². The zero-order valence-electron chi connectivity index (χ0n) is 4.50. The summed E-state index contributed by atoms with van der Waals surface area (Å²) in [7, 11) is 0. The summed E-state index contributed by atoms with van der Waals surface area (Å²) in [5, 5.41) is 0.660. The highest BCUT2D eigenvalue weighted by atomic mass is 35.5. The maximum absolute atomic E-state index is 10.1. The monoisotopic (exact) mass is 159 g/mol. The predicted molar refractivity (Wildman–Crippen MR) is 37.8 cm³/mol. The zero-order chi connectivity index (χ0) is 6.69. The first kappa shape index (κ1) is 6.65. The van der Waals surface area contributed by atoms with E-state index in [2.05, 4.69) is 0 Å². The van der Waals surface area contributed by atoms with E-state index in [-0.39, 0.29) is 0 Å². The quantitative estimate of drug-likeness (QED) is 0.574. The van der Waals surface area contributed by atoms with Gasteiger partial charge in [0.05, 0.1) is 0 Å². The van der Waals surface area contributed by atoms with E-state index in [9.17, 15) is 4.21 Å². The number of hydrogen-bond acceptors (Lipinski definition) is 1. The fraction of sp³-hybridized carbons (Fsp3) is 0. The van der Waals surface area contributed by atoms with Crippen LogP contribution >= 0.6 is 11.6 Å². The highest BCUT2D eigenvalue weighted by molar-refractivity contribution is 7.65.